The molecule has 0 unspecified atom stereocenters. The fraction of sp³-hybridized carbons (Fsp3) is 0.538. The highest BCUT2D eigenvalue weighted by atomic mass is 16.3. The minimum absolute atomic E-state index is 0.0898. The Morgan fingerprint density at radius 1 is 1.17 bits per heavy atom. The van der Waals surface area contributed by atoms with Gasteiger partial charge in [0.25, 0.3) is 0 Å². The van der Waals surface area contributed by atoms with Gasteiger partial charge in [-0.3, -0.25) is 9.59 Å². The van der Waals surface area contributed by atoms with Crippen LogP contribution in [0.1, 0.15) is 80.6 Å². The van der Waals surface area contributed by atoms with Crippen molar-refractivity contribution in [3.63, 3.8) is 0 Å². The number of rotatable bonds is 2. The first-order valence-corrected chi connectivity index (χ1v) is 11.1. The molecule has 0 amide bonds. The Bertz CT molecular complexity index is 935. The normalized spacial score (nSPS) is 36.2. The molecule has 0 radical (unpaired) electrons. The van der Waals surface area contributed by atoms with Gasteiger partial charge in [0, 0.05) is 23.8 Å². The van der Waals surface area contributed by atoms with E-state index in [0.29, 0.717) is 18.8 Å². The second kappa shape index (κ2) is 6.77. The standard InChI is InChI=1S/C26H30O3/c1-15(27)16-5-7-17(8-6-16)21-14-26(2)11-3-4-22(26)25-23(29)13-18-12-19(28)9-10-20(18)24(21)25/h5-8,12,21-23,25,29H,3-4,9-11,13-14H2,1-2H3/t21-,22+,23-,25-,26+/m1/s1. The number of hydrogen-bond acceptors (Lipinski definition) is 3. The van der Waals surface area contributed by atoms with Crippen LogP contribution >= 0.6 is 0 Å². The number of fused-ring (bicyclic) bond motifs is 4. The van der Waals surface area contributed by atoms with E-state index in [0.717, 1.165) is 24.0 Å². The van der Waals surface area contributed by atoms with Crippen molar-refractivity contribution in [2.24, 2.45) is 17.3 Å². The van der Waals surface area contributed by atoms with E-state index in [1.54, 1.807) is 13.0 Å². The number of Topliss-reactive ketones (excluding diaryl/α,β-unsaturated/α-hetero) is 1. The summed E-state index contributed by atoms with van der Waals surface area (Å²) >= 11 is 0. The third kappa shape index (κ3) is 2.97. The number of aliphatic hydroxyl groups excluding tert-OH is 1. The average Bonchev–Trinajstić information content (AvgIpc) is 3.08. The molecular weight excluding hydrogens is 360 g/mol. The number of benzene rings is 1. The lowest BCUT2D eigenvalue weighted by atomic mass is 9.53. The Morgan fingerprint density at radius 3 is 2.66 bits per heavy atom. The Morgan fingerprint density at radius 2 is 1.93 bits per heavy atom. The SMILES string of the molecule is CC(=O)c1ccc([C@H]2C[C@]3(C)CCC[C@H]3[C@H]3C2=C2CCC(=O)C=C2C[C@H]3O)cc1. The number of ketones is 2. The molecule has 0 bridgehead atoms. The molecule has 2 saturated carbocycles. The van der Waals surface area contributed by atoms with Crippen molar-refractivity contribution in [3.05, 3.63) is 58.2 Å². The number of allylic oxidation sites excluding steroid dienone is 2. The van der Waals surface area contributed by atoms with E-state index in [-0.39, 0.29) is 28.8 Å². The van der Waals surface area contributed by atoms with Gasteiger partial charge in [0.15, 0.2) is 11.6 Å². The zero-order valence-electron chi connectivity index (χ0n) is 17.4. The first-order valence-electron chi connectivity index (χ1n) is 11.1. The molecule has 1 N–H and O–H groups in total. The maximum atomic E-state index is 12.1. The summed E-state index contributed by atoms with van der Waals surface area (Å²) in [5.41, 5.74) is 6.09. The molecule has 4 aliphatic rings. The van der Waals surface area contributed by atoms with Crippen LogP contribution in [0.2, 0.25) is 0 Å². The van der Waals surface area contributed by atoms with Gasteiger partial charge in [-0.25, -0.2) is 0 Å². The minimum Gasteiger partial charge on any atom is -0.392 e. The highest BCUT2D eigenvalue weighted by Gasteiger charge is 2.54. The first-order chi connectivity index (χ1) is 13.9. The number of carbonyl (C=O) groups excluding carboxylic acids is 2. The van der Waals surface area contributed by atoms with Gasteiger partial charge >= 0.3 is 0 Å². The van der Waals surface area contributed by atoms with E-state index in [1.807, 2.05) is 12.1 Å². The van der Waals surface area contributed by atoms with Crippen molar-refractivity contribution in [2.75, 3.05) is 0 Å². The van der Waals surface area contributed by atoms with Crippen molar-refractivity contribution in [1.29, 1.82) is 0 Å². The number of hydrogen-bond donors (Lipinski definition) is 1. The fourth-order valence-electron chi connectivity index (χ4n) is 6.91. The molecule has 0 saturated heterocycles. The van der Waals surface area contributed by atoms with E-state index >= 15 is 0 Å². The molecule has 29 heavy (non-hydrogen) atoms. The molecule has 0 aromatic heterocycles. The molecule has 152 valence electrons. The summed E-state index contributed by atoms with van der Waals surface area (Å²) in [6.45, 7) is 4.03. The highest BCUT2D eigenvalue weighted by molar-refractivity contribution is 5.94. The second-order valence-corrected chi connectivity index (χ2v) is 9.95. The van der Waals surface area contributed by atoms with Crippen LogP contribution in [0.5, 0.6) is 0 Å². The van der Waals surface area contributed by atoms with Crippen molar-refractivity contribution < 1.29 is 14.7 Å². The van der Waals surface area contributed by atoms with Crippen LogP contribution in [0.3, 0.4) is 0 Å². The first kappa shape index (κ1) is 19.0. The van der Waals surface area contributed by atoms with E-state index in [2.05, 4.69) is 19.1 Å². The monoisotopic (exact) mass is 390 g/mol. The van der Waals surface area contributed by atoms with Gasteiger partial charge in [-0.1, -0.05) is 43.2 Å². The maximum absolute atomic E-state index is 12.1. The molecule has 5 atom stereocenters. The molecule has 4 aliphatic carbocycles. The summed E-state index contributed by atoms with van der Waals surface area (Å²) in [7, 11) is 0. The van der Waals surface area contributed by atoms with Crippen LogP contribution in [0.15, 0.2) is 47.1 Å². The molecule has 0 spiro atoms. The third-order valence-electron chi connectivity index (χ3n) is 8.25. The van der Waals surface area contributed by atoms with Gasteiger partial charge in [0.05, 0.1) is 6.10 Å². The summed E-state index contributed by atoms with van der Waals surface area (Å²) in [4.78, 5) is 23.8. The Labute approximate surface area is 172 Å². The van der Waals surface area contributed by atoms with Gasteiger partial charge in [0.1, 0.15) is 0 Å². The smallest absolute Gasteiger partial charge is 0.159 e. The Kier molecular flexibility index (Phi) is 4.43. The van der Waals surface area contributed by atoms with E-state index in [9.17, 15) is 14.7 Å². The zero-order chi connectivity index (χ0) is 20.3. The molecule has 1 aromatic rings. The molecule has 3 heteroatoms. The summed E-state index contributed by atoms with van der Waals surface area (Å²) < 4.78 is 0. The lowest BCUT2D eigenvalue weighted by Crippen LogP contribution is -2.46. The van der Waals surface area contributed by atoms with Crippen LogP contribution in [0.4, 0.5) is 0 Å². The topological polar surface area (TPSA) is 54.4 Å². The molecule has 0 aliphatic heterocycles. The predicted octanol–water partition coefficient (Wildman–Crippen LogP) is 5.15. The molecule has 2 fully saturated rings. The van der Waals surface area contributed by atoms with Crippen molar-refractivity contribution in [1.82, 2.24) is 0 Å². The quantitative estimate of drug-likeness (QED) is 0.711. The van der Waals surface area contributed by atoms with Crippen LogP contribution in [0, 0.1) is 17.3 Å². The van der Waals surface area contributed by atoms with Crippen LogP contribution in [-0.4, -0.2) is 22.8 Å². The van der Waals surface area contributed by atoms with E-state index in [1.165, 1.54) is 36.0 Å². The van der Waals surface area contributed by atoms with Crippen molar-refractivity contribution >= 4 is 11.6 Å². The third-order valence-corrected chi connectivity index (χ3v) is 8.25. The number of carbonyl (C=O) groups is 2. The molecular formula is C26H30O3. The number of aliphatic hydroxyl groups is 1. The summed E-state index contributed by atoms with van der Waals surface area (Å²) in [6.07, 6.45) is 8.19. The predicted molar refractivity (Wildman–Crippen MR) is 113 cm³/mol. The Hall–Kier alpha value is -2.00. The molecule has 5 rings (SSSR count). The zero-order valence-corrected chi connectivity index (χ0v) is 17.4. The van der Waals surface area contributed by atoms with Crippen molar-refractivity contribution in [2.45, 2.75) is 70.8 Å². The van der Waals surface area contributed by atoms with Gasteiger partial charge in [-0.15, -0.1) is 0 Å². The van der Waals surface area contributed by atoms with Crippen LogP contribution < -0.4 is 0 Å². The maximum Gasteiger partial charge on any atom is 0.159 e. The summed E-state index contributed by atoms with van der Waals surface area (Å²) in [5.74, 6) is 1.29. The Balaban J connectivity index is 1.67. The van der Waals surface area contributed by atoms with E-state index in [4.69, 9.17) is 0 Å². The van der Waals surface area contributed by atoms with Gasteiger partial charge < -0.3 is 5.11 Å². The van der Waals surface area contributed by atoms with Crippen LogP contribution in [0.25, 0.3) is 0 Å². The van der Waals surface area contributed by atoms with E-state index < -0.39 is 6.10 Å². The molecule has 1 aromatic carbocycles. The molecule has 3 nitrogen and oxygen atoms in total. The van der Waals surface area contributed by atoms with Gasteiger partial charge in [0.2, 0.25) is 0 Å². The highest BCUT2D eigenvalue weighted by Crippen LogP contribution is 2.63. The van der Waals surface area contributed by atoms with Crippen molar-refractivity contribution in [3.8, 4) is 0 Å². The lowest BCUT2D eigenvalue weighted by Gasteiger charge is -2.52. The minimum atomic E-state index is -0.396. The largest absolute Gasteiger partial charge is 0.392 e. The van der Waals surface area contributed by atoms with Crippen LogP contribution in [-0.2, 0) is 4.79 Å². The molecule has 0 heterocycles. The van der Waals surface area contributed by atoms with Gasteiger partial charge in [-0.2, -0.15) is 0 Å². The van der Waals surface area contributed by atoms with Gasteiger partial charge in [-0.05, 0) is 73.1 Å². The summed E-state index contributed by atoms with van der Waals surface area (Å²) in [6, 6.07) is 8.12. The lowest BCUT2D eigenvalue weighted by molar-refractivity contribution is -0.114. The summed E-state index contributed by atoms with van der Waals surface area (Å²) in [5, 5.41) is 11.2. The second-order valence-electron chi connectivity index (χ2n) is 9.95. The average molecular weight is 391 g/mol. The fourth-order valence-corrected chi connectivity index (χ4v) is 6.91.